The summed E-state index contributed by atoms with van der Waals surface area (Å²) in [7, 11) is 2.21. The van der Waals surface area contributed by atoms with Crippen LogP contribution >= 0.6 is 0 Å². The molecular weight excluding hydrogens is 160 g/mol. The fourth-order valence-electron chi connectivity index (χ4n) is 1.27. The maximum Gasteiger partial charge on any atom is 0.0192 e. The van der Waals surface area contributed by atoms with Crippen LogP contribution in [-0.4, -0.2) is 36.6 Å². The molecule has 2 nitrogen and oxygen atoms in total. The van der Waals surface area contributed by atoms with Crippen molar-refractivity contribution < 1.29 is 0 Å². The van der Waals surface area contributed by atoms with Crippen LogP contribution in [0.2, 0.25) is 0 Å². The average Bonchev–Trinajstić information content (AvgIpc) is 2.11. The molecule has 0 aliphatic carbocycles. The van der Waals surface area contributed by atoms with Crippen LogP contribution in [0.25, 0.3) is 0 Å². The van der Waals surface area contributed by atoms with Crippen molar-refractivity contribution in [1.29, 1.82) is 0 Å². The Morgan fingerprint density at radius 3 is 2.00 bits per heavy atom. The predicted molar refractivity (Wildman–Crippen MR) is 60.1 cm³/mol. The van der Waals surface area contributed by atoms with Gasteiger partial charge in [0, 0.05) is 24.7 Å². The summed E-state index contributed by atoms with van der Waals surface area (Å²) in [6.45, 7) is 12.3. The van der Waals surface area contributed by atoms with Gasteiger partial charge in [-0.1, -0.05) is 20.8 Å². The quantitative estimate of drug-likeness (QED) is 0.683. The largest absolute Gasteiger partial charge is 0.313 e. The molecule has 0 aliphatic rings. The van der Waals surface area contributed by atoms with Gasteiger partial charge in [-0.3, -0.25) is 4.90 Å². The van der Waals surface area contributed by atoms with Crippen molar-refractivity contribution >= 4 is 0 Å². The molecule has 2 unspecified atom stereocenters. The van der Waals surface area contributed by atoms with E-state index >= 15 is 0 Å². The minimum Gasteiger partial charge on any atom is -0.313 e. The van der Waals surface area contributed by atoms with Crippen molar-refractivity contribution in [3.05, 3.63) is 0 Å². The molecule has 0 aromatic carbocycles. The number of rotatable bonds is 6. The van der Waals surface area contributed by atoms with E-state index in [0.717, 1.165) is 6.54 Å². The fraction of sp³-hybridized carbons (Fsp3) is 1.00. The zero-order valence-electron chi connectivity index (χ0n) is 10.1. The third kappa shape index (κ3) is 5.27. The van der Waals surface area contributed by atoms with Crippen molar-refractivity contribution in [2.75, 3.05) is 13.6 Å². The van der Waals surface area contributed by atoms with Crippen molar-refractivity contribution in [1.82, 2.24) is 10.2 Å². The van der Waals surface area contributed by atoms with E-state index in [1.165, 1.54) is 6.42 Å². The van der Waals surface area contributed by atoms with Crippen molar-refractivity contribution in [3.8, 4) is 0 Å². The molecule has 1 N–H and O–H groups in total. The number of nitrogens with one attached hydrogen (secondary N) is 1. The fourth-order valence-corrected chi connectivity index (χ4v) is 1.27. The third-order valence-corrected chi connectivity index (χ3v) is 2.80. The van der Waals surface area contributed by atoms with Crippen molar-refractivity contribution in [2.45, 2.75) is 59.2 Å². The Bertz CT molecular complexity index is 123. The van der Waals surface area contributed by atoms with Gasteiger partial charge in [0.25, 0.3) is 0 Å². The first kappa shape index (κ1) is 12.9. The highest BCUT2D eigenvalue weighted by Gasteiger charge is 2.13. The molecule has 0 radical (unpaired) electrons. The minimum absolute atomic E-state index is 0.591. The van der Waals surface area contributed by atoms with Gasteiger partial charge < -0.3 is 5.32 Å². The minimum atomic E-state index is 0.591. The molecule has 0 aromatic heterocycles. The molecule has 0 amide bonds. The summed E-state index contributed by atoms with van der Waals surface area (Å²) >= 11 is 0. The van der Waals surface area contributed by atoms with E-state index in [0.29, 0.717) is 18.1 Å². The molecule has 0 saturated heterocycles. The van der Waals surface area contributed by atoms with E-state index < -0.39 is 0 Å². The first-order chi connectivity index (χ1) is 5.99. The maximum atomic E-state index is 3.46. The Morgan fingerprint density at radius 2 is 1.62 bits per heavy atom. The molecule has 0 fully saturated rings. The SMILES string of the molecule is CCC(C)N(C)C(C)CNC(C)C. The summed E-state index contributed by atoms with van der Waals surface area (Å²) < 4.78 is 0. The van der Waals surface area contributed by atoms with Crippen molar-refractivity contribution in [2.24, 2.45) is 0 Å². The molecule has 13 heavy (non-hydrogen) atoms. The second kappa shape index (κ2) is 6.39. The molecule has 0 bridgehead atoms. The summed E-state index contributed by atoms with van der Waals surface area (Å²) in [5, 5.41) is 3.46. The van der Waals surface area contributed by atoms with Crippen LogP contribution in [0.1, 0.15) is 41.0 Å². The second-order valence-electron chi connectivity index (χ2n) is 4.33. The normalized spacial score (nSPS) is 16.6. The van der Waals surface area contributed by atoms with Gasteiger partial charge in [-0.2, -0.15) is 0 Å². The molecule has 2 atom stereocenters. The first-order valence-corrected chi connectivity index (χ1v) is 5.44. The Morgan fingerprint density at radius 1 is 1.08 bits per heavy atom. The molecule has 0 heterocycles. The lowest BCUT2D eigenvalue weighted by Crippen LogP contribution is -2.43. The van der Waals surface area contributed by atoms with Gasteiger partial charge in [-0.15, -0.1) is 0 Å². The second-order valence-corrected chi connectivity index (χ2v) is 4.33. The van der Waals surface area contributed by atoms with E-state index in [4.69, 9.17) is 0 Å². The summed E-state index contributed by atoms with van der Waals surface area (Å²) in [6, 6.07) is 1.90. The summed E-state index contributed by atoms with van der Waals surface area (Å²) in [5.41, 5.74) is 0. The van der Waals surface area contributed by atoms with Crippen LogP contribution in [0.5, 0.6) is 0 Å². The highest BCUT2D eigenvalue weighted by atomic mass is 15.2. The zero-order valence-corrected chi connectivity index (χ0v) is 10.1. The zero-order chi connectivity index (χ0) is 10.4. The lowest BCUT2D eigenvalue weighted by atomic mass is 10.2. The number of likely N-dealkylation sites (N-methyl/N-ethyl adjacent to an activating group) is 1. The Labute approximate surface area is 83.7 Å². The van der Waals surface area contributed by atoms with Gasteiger partial charge in [0.05, 0.1) is 0 Å². The van der Waals surface area contributed by atoms with E-state index in [9.17, 15) is 0 Å². The van der Waals surface area contributed by atoms with Gasteiger partial charge in [0.1, 0.15) is 0 Å². The van der Waals surface area contributed by atoms with E-state index in [2.05, 4.69) is 51.9 Å². The Balaban J connectivity index is 3.74. The van der Waals surface area contributed by atoms with Crippen LogP contribution in [0.4, 0.5) is 0 Å². The maximum absolute atomic E-state index is 3.46. The average molecular weight is 186 g/mol. The van der Waals surface area contributed by atoms with Gasteiger partial charge in [-0.05, 0) is 27.3 Å². The highest BCUT2D eigenvalue weighted by Crippen LogP contribution is 2.04. The van der Waals surface area contributed by atoms with E-state index in [1.54, 1.807) is 0 Å². The topological polar surface area (TPSA) is 15.3 Å². The first-order valence-electron chi connectivity index (χ1n) is 5.44. The predicted octanol–water partition coefficient (Wildman–Crippen LogP) is 2.10. The van der Waals surface area contributed by atoms with Crippen molar-refractivity contribution in [3.63, 3.8) is 0 Å². The molecule has 0 rings (SSSR count). The number of hydrogen-bond acceptors (Lipinski definition) is 2. The standard InChI is InChI=1S/C11H26N2/c1-7-10(4)13(6)11(5)8-12-9(2)3/h9-12H,7-8H2,1-6H3. The number of hydrogen-bond donors (Lipinski definition) is 1. The smallest absolute Gasteiger partial charge is 0.0192 e. The highest BCUT2D eigenvalue weighted by molar-refractivity contribution is 4.71. The van der Waals surface area contributed by atoms with Crippen LogP contribution in [0.3, 0.4) is 0 Å². The van der Waals surface area contributed by atoms with Crippen LogP contribution in [0, 0.1) is 0 Å². The molecular formula is C11H26N2. The molecule has 0 aliphatic heterocycles. The number of nitrogens with zero attached hydrogens (tertiary/aromatic N) is 1. The molecule has 2 heteroatoms. The van der Waals surface area contributed by atoms with Crippen LogP contribution < -0.4 is 5.32 Å². The van der Waals surface area contributed by atoms with Crippen LogP contribution in [0.15, 0.2) is 0 Å². The summed E-state index contributed by atoms with van der Waals surface area (Å²) in [6.07, 6.45) is 1.22. The molecule has 0 saturated carbocycles. The summed E-state index contributed by atoms with van der Waals surface area (Å²) in [4.78, 5) is 2.44. The molecule has 0 aromatic rings. The summed E-state index contributed by atoms with van der Waals surface area (Å²) in [5.74, 6) is 0. The van der Waals surface area contributed by atoms with E-state index in [1.807, 2.05) is 0 Å². The molecule has 80 valence electrons. The van der Waals surface area contributed by atoms with E-state index in [-0.39, 0.29) is 0 Å². The third-order valence-electron chi connectivity index (χ3n) is 2.80. The Hall–Kier alpha value is -0.0800. The van der Waals surface area contributed by atoms with Gasteiger partial charge in [-0.25, -0.2) is 0 Å². The lowest BCUT2D eigenvalue weighted by molar-refractivity contribution is 0.185. The Kier molecular flexibility index (Phi) is 6.35. The lowest BCUT2D eigenvalue weighted by Gasteiger charge is -2.30. The van der Waals surface area contributed by atoms with Gasteiger partial charge in [0.2, 0.25) is 0 Å². The van der Waals surface area contributed by atoms with Crippen LogP contribution in [-0.2, 0) is 0 Å². The molecule has 0 spiro atoms. The monoisotopic (exact) mass is 186 g/mol. The van der Waals surface area contributed by atoms with Gasteiger partial charge >= 0.3 is 0 Å². The van der Waals surface area contributed by atoms with Gasteiger partial charge in [0.15, 0.2) is 0 Å².